The zero-order valence-electron chi connectivity index (χ0n) is 6.94. The Hall–Kier alpha value is -1.54. The van der Waals surface area contributed by atoms with Gasteiger partial charge in [0.1, 0.15) is 0 Å². The largest absolute Gasteiger partial charge is 0.301 e. The lowest BCUT2D eigenvalue weighted by Gasteiger charge is -1.94. The molecule has 13 heavy (non-hydrogen) atoms. The maximum Gasteiger partial charge on any atom is 0.258 e. The second-order valence-electron chi connectivity index (χ2n) is 2.14. The molecule has 0 aliphatic heterocycles. The average molecular weight is 193 g/mol. The number of H-pyrrole nitrogens is 1. The highest BCUT2D eigenvalue weighted by Crippen LogP contribution is 2.04. The van der Waals surface area contributed by atoms with E-state index in [0.29, 0.717) is 10.7 Å². The van der Waals surface area contributed by atoms with Gasteiger partial charge in [-0.05, 0) is 12.3 Å². The first-order valence-electron chi connectivity index (χ1n) is 3.47. The van der Waals surface area contributed by atoms with E-state index in [1.807, 2.05) is 6.26 Å². The van der Waals surface area contributed by atoms with Gasteiger partial charge in [0.25, 0.3) is 5.56 Å². The summed E-state index contributed by atoms with van der Waals surface area (Å²) in [4.78, 5) is 17.8. The van der Waals surface area contributed by atoms with Gasteiger partial charge in [-0.15, -0.1) is 0 Å². The Morgan fingerprint density at radius 1 is 1.77 bits per heavy atom. The van der Waals surface area contributed by atoms with Crippen LogP contribution in [0.2, 0.25) is 0 Å². The topological polar surface area (TPSA) is 69.5 Å². The molecule has 1 aromatic rings. The van der Waals surface area contributed by atoms with Crippen LogP contribution in [0.15, 0.2) is 22.2 Å². The Bertz CT molecular complexity index is 416. The number of hydrogen-bond acceptors (Lipinski definition) is 4. The van der Waals surface area contributed by atoms with Crippen LogP contribution in [0.3, 0.4) is 0 Å². The summed E-state index contributed by atoms with van der Waals surface area (Å²) in [6.45, 7) is 0. The summed E-state index contributed by atoms with van der Waals surface area (Å²) < 4.78 is 0. The summed E-state index contributed by atoms with van der Waals surface area (Å²) in [5.74, 6) is 0. The number of nitrogens with one attached hydrogen (secondary N) is 1. The van der Waals surface area contributed by atoms with Crippen LogP contribution in [0.5, 0.6) is 0 Å². The van der Waals surface area contributed by atoms with Crippen molar-refractivity contribution in [1.82, 2.24) is 9.97 Å². The van der Waals surface area contributed by atoms with Crippen LogP contribution < -0.4 is 5.56 Å². The maximum absolute atomic E-state index is 11.2. The highest BCUT2D eigenvalue weighted by atomic mass is 32.2. The summed E-state index contributed by atoms with van der Waals surface area (Å²) >= 11 is 1.36. The van der Waals surface area contributed by atoms with E-state index in [9.17, 15) is 4.79 Å². The molecule has 0 aliphatic rings. The Morgan fingerprint density at radius 2 is 2.54 bits per heavy atom. The van der Waals surface area contributed by atoms with Crippen LogP contribution in [-0.4, -0.2) is 16.2 Å². The van der Waals surface area contributed by atoms with Crippen molar-refractivity contribution in [3.63, 3.8) is 0 Å². The fourth-order valence-corrected chi connectivity index (χ4v) is 1.09. The first kappa shape index (κ1) is 9.55. The van der Waals surface area contributed by atoms with Gasteiger partial charge in [0, 0.05) is 12.3 Å². The number of aromatic amines is 1. The minimum atomic E-state index is -0.231. The van der Waals surface area contributed by atoms with Gasteiger partial charge in [0.2, 0.25) is 0 Å². The molecular weight excluding hydrogens is 186 g/mol. The summed E-state index contributed by atoms with van der Waals surface area (Å²) in [5, 5.41) is 8.81. The molecule has 0 fully saturated rings. The van der Waals surface area contributed by atoms with E-state index < -0.39 is 0 Å². The third kappa shape index (κ3) is 2.46. The van der Waals surface area contributed by atoms with Gasteiger partial charge in [-0.25, -0.2) is 4.98 Å². The van der Waals surface area contributed by atoms with Crippen LogP contribution >= 0.6 is 11.8 Å². The van der Waals surface area contributed by atoms with Crippen molar-refractivity contribution in [2.24, 2.45) is 0 Å². The molecule has 0 unspecified atom stereocenters. The Balaban J connectivity index is 3.07. The molecule has 0 spiro atoms. The Morgan fingerprint density at radius 3 is 3.08 bits per heavy atom. The monoisotopic (exact) mass is 193 g/mol. The summed E-state index contributed by atoms with van der Waals surface area (Å²) in [6, 6.07) is 1.81. The zero-order valence-corrected chi connectivity index (χ0v) is 7.76. The van der Waals surface area contributed by atoms with Crippen molar-refractivity contribution in [1.29, 1.82) is 5.26 Å². The summed E-state index contributed by atoms with van der Waals surface area (Å²) in [7, 11) is 0. The number of thioether (sulfide) groups is 1. The van der Waals surface area contributed by atoms with Crippen molar-refractivity contribution >= 4 is 17.8 Å². The maximum atomic E-state index is 11.2. The Labute approximate surface area is 79.3 Å². The van der Waals surface area contributed by atoms with Gasteiger partial charge >= 0.3 is 0 Å². The molecular formula is C8H7N3OS. The number of nitriles is 1. The summed E-state index contributed by atoms with van der Waals surface area (Å²) in [6.07, 6.45) is 5.93. The molecule has 1 aromatic heterocycles. The van der Waals surface area contributed by atoms with E-state index in [1.54, 1.807) is 6.07 Å². The van der Waals surface area contributed by atoms with Crippen molar-refractivity contribution in [2.75, 3.05) is 6.26 Å². The van der Waals surface area contributed by atoms with Crippen LogP contribution in [0.4, 0.5) is 0 Å². The first-order chi connectivity index (χ1) is 6.27. The average Bonchev–Trinajstić information content (AvgIpc) is 2.16. The molecule has 1 heterocycles. The fourth-order valence-electron chi connectivity index (χ4n) is 0.738. The van der Waals surface area contributed by atoms with E-state index in [2.05, 4.69) is 9.97 Å². The standard InChI is InChI=1S/C8H7N3OS/c1-13-8-10-5-6(3-2-4-9)7(12)11-8/h2-3,5H,1H3,(H,10,11,12). The molecule has 1 rings (SSSR count). The number of hydrogen-bond donors (Lipinski definition) is 1. The van der Waals surface area contributed by atoms with Crippen molar-refractivity contribution < 1.29 is 0 Å². The predicted molar refractivity (Wildman–Crippen MR) is 51.3 cm³/mol. The molecule has 0 aromatic carbocycles. The van der Waals surface area contributed by atoms with E-state index in [0.717, 1.165) is 0 Å². The van der Waals surface area contributed by atoms with Crippen LogP contribution in [0.25, 0.3) is 6.08 Å². The number of nitrogens with zero attached hydrogens (tertiary/aromatic N) is 2. The van der Waals surface area contributed by atoms with Gasteiger partial charge in [-0.2, -0.15) is 5.26 Å². The van der Waals surface area contributed by atoms with Crippen LogP contribution in [0.1, 0.15) is 5.56 Å². The Kier molecular flexibility index (Phi) is 3.29. The second kappa shape index (κ2) is 4.48. The molecule has 0 aliphatic carbocycles. The highest BCUT2D eigenvalue weighted by molar-refractivity contribution is 7.98. The van der Waals surface area contributed by atoms with Gasteiger partial charge in [0.05, 0.1) is 11.6 Å². The zero-order chi connectivity index (χ0) is 9.68. The smallest absolute Gasteiger partial charge is 0.258 e. The predicted octanol–water partition coefficient (Wildman–Crippen LogP) is 1.03. The van der Waals surface area contributed by atoms with Gasteiger partial charge in [0.15, 0.2) is 5.16 Å². The minimum absolute atomic E-state index is 0.231. The molecule has 4 nitrogen and oxygen atoms in total. The van der Waals surface area contributed by atoms with E-state index in [4.69, 9.17) is 5.26 Å². The van der Waals surface area contributed by atoms with E-state index in [1.165, 1.54) is 30.1 Å². The number of rotatable bonds is 2. The minimum Gasteiger partial charge on any atom is -0.301 e. The van der Waals surface area contributed by atoms with E-state index in [-0.39, 0.29) is 5.56 Å². The van der Waals surface area contributed by atoms with Crippen LogP contribution in [0, 0.1) is 11.3 Å². The third-order valence-corrected chi connectivity index (χ3v) is 1.93. The quantitative estimate of drug-likeness (QED) is 0.432. The lowest BCUT2D eigenvalue weighted by Crippen LogP contribution is -2.10. The molecule has 0 atom stereocenters. The normalized spacial score (nSPS) is 10.2. The summed E-state index contributed by atoms with van der Waals surface area (Å²) in [5.41, 5.74) is 0.158. The van der Waals surface area contributed by atoms with Crippen molar-refractivity contribution in [2.45, 2.75) is 5.16 Å². The third-order valence-electron chi connectivity index (χ3n) is 1.33. The van der Waals surface area contributed by atoms with Crippen molar-refractivity contribution in [3.05, 3.63) is 28.2 Å². The molecule has 5 heteroatoms. The van der Waals surface area contributed by atoms with Crippen molar-refractivity contribution in [3.8, 4) is 6.07 Å². The molecule has 0 amide bonds. The molecule has 0 saturated carbocycles. The van der Waals surface area contributed by atoms with Gasteiger partial charge in [-0.1, -0.05) is 11.8 Å². The van der Waals surface area contributed by atoms with Gasteiger partial charge in [-0.3, -0.25) is 4.79 Å². The molecule has 0 radical (unpaired) electrons. The van der Waals surface area contributed by atoms with E-state index >= 15 is 0 Å². The van der Waals surface area contributed by atoms with Gasteiger partial charge < -0.3 is 4.98 Å². The fraction of sp³-hybridized carbons (Fsp3) is 0.125. The molecule has 1 N–H and O–H groups in total. The number of allylic oxidation sites excluding steroid dienone is 1. The van der Waals surface area contributed by atoms with Crippen LogP contribution in [-0.2, 0) is 0 Å². The number of aromatic nitrogens is 2. The molecule has 66 valence electrons. The first-order valence-corrected chi connectivity index (χ1v) is 4.70. The SMILES string of the molecule is CSc1ncc(C=CC#N)c(=O)[nH]1. The highest BCUT2D eigenvalue weighted by Gasteiger charge is 1.97. The lowest BCUT2D eigenvalue weighted by molar-refractivity contribution is 0.934. The second-order valence-corrected chi connectivity index (χ2v) is 2.93. The molecule has 0 bridgehead atoms. The molecule has 0 saturated heterocycles. The lowest BCUT2D eigenvalue weighted by atomic mass is 10.3.